The van der Waals surface area contributed by atoms with Crippen molar-refractivity contribution in [2.75, 3.05) is 11.4 Å². The van der Waals surface area contributed by atoms with Gasteiger partial charge in [0, 0.05) is 18.3 Å². The number of nitrogens with two attached hydrogens (primary N) is 1. The van der Waals surface area contributed by atoms with Crippen LogP contribution in [0.15, 0.2) is 24.3 Å². The average Bonchev–Trinajstić information content (AvgIpc) is 2.70. The van der Waals surface area contributed by atoms with Crippen molar-refractivity contribution in [1.29, 1.82) is 0 Å². The Labute approximate surface area is 115 Å². The predicted molar refractivity (Wildman–Crippen MR) is 79.1 cm³/mol. The molecule has 0 aromatic heterocycles. The van der Waals surface area contributed by atoms with Crippen molar-refractivity contribution >= 4 is 11.6 Å². The molecule has 0 aliphatic carbocycles. The van der Waals surface area contributed by atoms with Crippen molar-refractivity contribution in [3.8, 4) is 0 Å². The molecule has 2 atom stereocenters. The molecule has 0 fully saturated rings. The monoisotopic (exact) mass is 260 g/mol. The van der Waals surface area contributed by atoms with E-state index in [9.17, 15) is 4.79 Å². The summed E-state index contributed by atoms with van der Waals surface area (Å²) >= 11 is 0. The van der Waals surface area contributed by atoms with Crippen LogP contribution in [-0.2, 0) is 11.2 Å². The minimum Gasteiger partial charge on any atom is -0.330 e. The molecule has 2 N–H and O–H groups in total. The van der Waals surface area contributed by atoms with Crippen LogP contribution in [0.4, 0.5) is 5.69 Å². The van der Waals surface area contributed by atoms with Crippen molar-refractivity contribution < 1.29 is 4.79 Å². The Morgan fingerprint density at radius 3 is 2.74 bits per heavy atom. The van der Waals surface area contributed by atoms with Gasteiger partial charge in [-0.2, -0.15) is 0 Å². The maximum atomic E-state index is 12.7. The molecule has 0 spiro atoms. The van der Waals surface area contributed by atoms with Crippen LogP contribution in [0.3, 0.4) is 0 Å². The van der Waals surface area contributed by atoms with E-state index in [2.05, 4.69) is 26.8 Å². The normalized spacial score (nSPS) is 19.6. The molecule has 1 aliphatic rings. The summed E-state index contributed by atoms with van der Waals surface area (Å²) in [6, 6.07) is 8.43. The van der Waals surface area contributed by atoms with Gasteiger partial charge in [0.05, 0.1) is 5.92 Å². The zero-order valence-corrected chi connectivity index (χ0v) is 12.1. The Hall–Kier alpha value is -1.35. The molecule has 2 rings (SSSR count). The molecular formula is C16H24N2O. The predicted octanol–water partition coefficient (Wildman–Crippen LogP) is 2.59. The first-order valence-corrected chi connectivity index (χ1v) is 7.15. The Morgan fingerprint density at radius 2 is 2.11 bits per heavy atom. The van der Waals surface area contributed by atoms with Crippen LogP contribution in [-0.4, -0.2) is 18.5 Å². The van der Waals surface area contributed by atoms with Gasteiger partial charge in [-0.05, 0) is 37.3 Å². The third kappa shape index (κ3) is 2.81. The summed E-state index contributed by atoms with van der Waals surface area (Å²) < 4.78 is 0. The second-order valence-electron chi connectivity index (χ2n) is 5.95. The SMILES string of the molecule is CC(C)CC(CN)C(=O)N1c2ccccc2CC1C. The minimum atomic E-state index is -0.0615. The van der Waals surface area contributed by atoms with Crippen LogP contribution in [0.25, 0.3) is 0 Å². The topological polar surface area (TPSA) is 46.3 Å². The molecule has 1 aliphatic heterocycles. The Bertz CT molecular complexity index is 456. The molecule has 3 nitrogen and oxygen atoms in total. The zero-order chi connectivity index (χ0) is 14.0. The summed E-state index contributed by atoms with van der Waals surface area (Å²) in [6.45, 7) is 6.82. The summed E-state index contributed by atoms with van der Waals surface area (Å²) in [5, 5.41) is 0. The Balaban J connectivity index is 2.23. The van der Waals surface area contributed by atoms with Gasteiger partial charge in [0.1, 0.15) is 0 Å². The van der Waals surface area contributed by atoms with Gasteiger partial charge in [0.2, 0.25) is 5.91 Å². The number of amides is 1. The van der Waals surface area contributed by atoms with E-state index < -0.39 is 0 Å². The first-order valence-electron chi connectivity index (χ1n) is 7.15. The number of hydrogen-bond acceptors (Lipinski definition) is 2. The molecule has 2 unspecified atom stereocenters. The number of benzene rings is 1. The van der Waals surface area contributed by atoms with Gasteiger partial charge in [0.15, 0.2) is 0 Å². The van der Waals surface area contributed by atoms with E-state index in [-0.39, 0.29) is 17.9 Å². The molecule has 1 aromatic carbocycles. The number of rotatable bonds is 4. The highest BCUT2D eigenvalue weighted by molar-refractivity contribution is 5.97. The maximum absolute atomic E-state index is 12.7. The summed E-state index contributed by atoms with van der Waals surface area (Å²) in [5.74, 6) is 0.618. The summed E-state index contributed by atoms with van der Waals surface area (Å²) in [4.78, 5) is 14.7. The van der Waals surface area contributed by atoms with E-state index in [0.717, 1.165) is 18.5 Å². The molecule has 3 heteroatoms. The van der Waals surface area contributed by atoms with Gasteiger partial charge >= 0.3 is 0 Å². The van der Waals surface area contributed by atoms with E-state index >= 15 is 0 Å². The highest BCUT2D eigenvalue weighted by Crippen LogP contribution is 2.33. The largest absolute Gasteiger partial charge is 0.330 e. The molecule has 0 radical (unpaired) electrons. The Morgan fingerprint density at radius 1 is 1.42 bits per heavy atom. The molecule has 19 heavy (non-hydrogen) atoms. The fraction of sp³-hybridized carbons (Fsp3) is 0.562. The highest BCUT2D eigenvalue weighted by atomic mass is 16.2. The van der Waals surface area contributed by atoms with Gasteiger partial charge in [0.25, 0.3) is 0 Å². The maximum Gasteiger partial charge on any atom is 0.231 e. The molecule has 0 saturated carbocycles. The van der Waals surface area contributed by atoms with E-state index in [0.29, 0.717) is 12.5 Å². The Kier molecular flexibility index (Phi) is 4.25. The van der Waals surface area contributed by atoms with Crippen LogP contribution < -0.4 is 10.6 Å². The van der Waals surface area contributed by atoms with Crippen LogP contribution in [0, 0.1) is 11.8 Å². The van der Waals surface area contributed by atoms with E-state index in [4.69, 9.17) is 5.73 Å². The van der Waals surface area contributed by atoms with E-state index in [1.165, 1.54) is 5.56 Å². The van der Waals surface area contributed by atoms with Crippen LogP contribution in [0.1, 0.15) is 32.8 Å². The first kappa shape index (κ1) is 14.1. The third-order valence-corrected chi connectivity index (χ3v) is 3.83. The van der Waals surface area contributed by atoms with Crippen molar-refractivity contribution in [2.24, 2.45) is 17.6 Å². The second kappa shape index (κ2) is 5.74. The highest BCUT2D eigenvalue weighted by Gasteiger charge is 2.34. The molecule has 1 heterocycles. The number of para-hydroxylation sites is 1. The average molecular weight is 260 g/mol. The van der Waals surface area contributed by atoms with Crippen LogP contribution in [0.2, 0.25) is 0 Å². The molecule has 0 saturated heterocycles. The summed E-state index contributed by atoms with van der Waals surface area (Å²) in [5.41, 5.74) is 8.15. The lowest BCUT2D eigenvalue weighted by Gasteiger charge is -2.28. The molecule has 0 bridgehead atoms. The number of nitrogens with zero attached hydrogens (tertiary/aromatic N) is 1. The number of anilines is 1. The quantitative estimate of drug-likeness (QED) is 0.904. The minimum absolute atomic E-state index is 0.0615. The van der Waals surface area contributed by atoms with Crippen LogP contribution in [0.5, 0.6) is 0 Å². The van der Waals surface area contributed by atoms with E-state index in [1.807, 2.05) is 23.1 Å². The lowest BCUT2D eigenvalue weighted by molar-refractivity contribution is -0.122. The first-order chi connectivity index (χ1) is 9.04. The zero-order valence-electron chi connectivity index (χ0n) is 12.1. The fourth-order valence-electron chi connectivity index (χ4n) is 2.96. The van der Waals surface area contributed by atoms with Gasteiger partial charge in [-0.3, -0.25) is 4.79 Å². The smallest absolute Gasteiger partial charge is 0.231 e. The van der Waals surface area contributed by atoms with Crippen molar-refractivity contribution in [1.82, 2.24) is 0 Å². The van der Waals surface area contributed by atoms with Gasteiger partial charge in [-0.15, -0.1) is 0 Å². The van der Waals surface area contributed by atoms with Gasteiger partial charge in [-0.1, -0.05) is 32.0 Å². The fourth-order valence-corrected chi connectivity index (χ4v) is 2.96. The molecule has 1 amide bonds. The number of carbonyl (C=O) groups excluding carboxylic acids is 1. The summed E-state index contributed by atoms with van der Waals surface area (Å²) in [7, 11) is 0. The van der Waals surface area contributed by atoms with Gasteiger partial charge < -0.3 is 10.6 Å². The van der Waals surface area contributed by atoms with Crippen molar-refractivity contribution in [2.45, 2.75) is 39.7 Å². The summed E-state index contributed by atoms with van der Waals surface area (Å²) in [6.07, 6.45) is 1.81. The second-order valence-corrected chi connectivity index (χ2v) is 5.95. The standard InChI is InChI=1S/C16H24N2O/c1-11(2)8-14(10-17)16(19)18-12(3)9-13-6-4-5-7-15(13)18/h4-7,11-12,14H,8-10,17H2,1-3H3. The lowest BCUT2D eigenvalue weighted by Crippen LogP contribution is -2.42. The van der Waals surface area contributed by atoms with E-state index in [1.54, 1.807) is 0 Å². The van der Waals surface area contributed by atoms with Crippen molar-refractivity contribution in [3.63, 3.8) is 0 Å². The lowest BCUT2D eigenvalue weighted by atomic mass is 9.95. The molecule has 1 aromatic rings. The van der Waals surface area contributed by atoms with Crippen LogP contribution >= 0.6 is 0 Å². The number of fused-ring (bicyclic) bond motifs is 1. The number of hydrogen-bond donors (Lipinski definition) is 1. The molecule has 104 valence electrons. The molecular weight excluding hydrogens is 236 g/mol. The number of carbonyl (C=O) groups is 1. The van der Waals surface area contributed by atoms with Gasteiger partial charge in [-0.25, -0.2) is 0 Å². The third-order valence-electron chi connectivity index (χ3n) is 3.83. The van der Waals surface area contributed by atoms with Crippen molar-refractivity contribution in [3.05, 3.63) is 29.8 Å².